The molecule has 5 nitrogen and oxygen atoms in total. The molecule has 1 heterocycles. The van der Waals surface area contributed by atoms with Crippen molar-refractivity contribution in [1.29, 1.82) is 0 Å². The zero-order valence-electron chi connectivity index (χ0n) is 14.7. The smallest absolute Gasteiger partial charge is 0.240 e. The maximum absolute atomic E-state index is 12.6. The summed E-state index contributed by atoms with van der Waals surface area (Å²) in [5.41, 5.74) is 1.06. The Morgan fingerprint density at radius 3 is 2.50 bits per heavy atom. The van der Waals surface area contributed by atoms with Crippen LogP contribution in [0.3, 0.4) is 0 Å². The van der Waals surface area contributed by atoms with Crippen LogP contribution in [0.2, 0.25) is 0 Å². The lowest BCUT2D eigenvalue weighted by molar-refractivity contribution is 0.246. The lowest BCUT2D eigenvalue weighted by atomic mass is 10.1. The third-order valence-electron chi connectivity index (χ3n) is 4.65. The van der Waals surface area contributed by atoms with E-state index >= 15 is 0 Å². The van der Waals surface area contributed by atoms with Crippen LogP contribution in [0.15, 0.2) is 57.9 Å². The molecule has 0 spiro atoms. The Morgan fingerprint density at radius 1 is 1.15 bits per heavy atom. The van der Waals surface area contributed by atoms with Gasteiger partial charge < -0.3 is 4.74 Å². The van der Waals surface area contributed by atoms with E-state index < -0.39 is 10.0 Å². The Balaban J connectivity index is 1.80. The number of halogens is 1. The highest BCUT2D eigenvalue weighted by Gasteiger charge is 2.26. The first-order chi connectivity index (χ1) is 12.5. The number of sulfonamides is 1. The van der Waals surface area contributed by atoms with Crippen molar-refractivity contribution in [3.63, 3.8) is 0 Å². The predicted molar refractivity (Wildman–Crippen MR) is 106 cm³/mol. The fraction of sp³-hybridized carbons (Fsp3) is 0.368. The highest BCUT2D eigenvalue weighted by molar-refractivity contribution is 9.10. The lowest BCUT2D eigenvalue weighted by Crippen LogP contribution is -2.36. The number of nitrogens with zero attached hydrogens (tertiary/aromatic N) is 1. The van der Waals surface area contributed by atoms with Crippen LogP contribution in [0.4, 0.5) is 0 Å². The standard InChI is InChI=1S/C19H23BrN2O3S/c1-25-17-6-4-5-15(13-17)19(22-11-2-3-12-22)14-21-26(23,24)18-9-7-16(20)8-10-18/h4-10,13,19,21H,2-3,11-12,14H2,1H3/t19-/m1/s1. The topological polar surface area (TPSA) is 58.6 Å². The molecule has 2 aromatic carbocycles. The quantitative estimate of drug-likeness (QED) is 0.717. The van der Waals surface area contributed by atoms with Crippen LogP contribution in [0.1, 0.15) is 24.4 Å². The number of methoxy groups -OCH3 is 1. The highest BCUT2D eigenvalue weighted by atomic mass is 79.9. The molecule has 7 heteroatoms. The Bertz CT molecular complexity index is 834. The van der Waals surface area contributed by atoms with E-state index in [4.69, 9.17) is 4.74 Å². The van der Waals surface area contributed by atoms with E-state index in [0.29, 0.717) is 6.54 Å². The first-order valence-corrected chi connectivity index (χ1v) is 10.9. The summed E-state index contributed by atoms with van der Waals surface area (Å²) in [5.74, 6) is 0.780. The van der Waals surface area contributed by atoms with Crippen molar-refractivity contribution in [3.8, 4) is 5.75 Å². The largest absolute Gasteiger partial charge is 0.497 e. The van der Waals surface area contributed by atoms with Gasteiger partial charge in [0, 0.05) is 17.1 Å². The number of nitrogens with one attached hydrogen (secondary N) is 1. The van der Waals surface area contributed by atoms with Crippen LogP contribution in [0, 0.1) is 0 Å². The SMILES string of the molecule is COc1cccc([C@@H](CNS(=O)(=O)c2ccc(Br)cc2)N2CCCC2)c1. The summed E-state index contributed by atoms with van der Waals surface area (Å²) in [4.78, 5) is 2.60. The van der Waals surface area contributed by atoms with E-state index in [-0.39, 0.29) is 10.9 Å². The van der Waals surface area contributed by atoms with Gasteiger partial charge in [-0.3, -0.25) is 4.90 Å². The molecule has 0 amide bonds. The van der Waals surface area contributed by atoms with Crippen molar-refractivity contribution in [2.45, 2.75) is 23.8 Å². The second-order valence-electron chi connectivity index (χ2n) is 6.34. The Kier molecular flexibility index (Phi) is 6.34. The molecule has 0 aliphatic carbocycles. The molecule has 0 bridgehead atoms. The molecule has 0 radical (unpaired) electrons. The molecular weight excluding hydrogens is 416 g/mol. The summed E-state index contributed by atoms with van der Waals surface area (Å²) in [5, 5.41) is 0. The zero-order valence-corrected chi connectivity index (χ0v) is 17.1. The molecule has 1 aliphatic rings. The van der Waals surface area contributed by atoms with Crippen LogP contribution in [0.25, 0.3) is 0 Å². The molecule has 1 fully saturated rings. The number of benzene rings is 2. The summed E-state index contributed by atoms with van der Waals surface area (Å²) in [6.07, 6.45) is 2.28. The van der Waals surface area contributed by atoms with Crippen molar-refractivity contribution in [3.05, 3.63) is 58.6 Å². The van der Waals surface area contributed by atoms with Gasteiger partial charge in [0.05, 0.1) is 12.0 Å². The third kappa shape index (κ3) is 4.65. The van der Waals surface area contributed by atoms with Crippen molar-refractivity contribution in [2.75, 3.05) is 26.7 Å². The molecule has 0 unspecified atom stereocenters. The van der Waals surface area contributed by atoms with Gasteiger partial charge in [0.25, 0.3) is 0 Å². The van der Waals surface area contributed by atoms with E-state index in [0.717, 1.165) is 41.7 Å². The number of likely N-dealkylation sites (tertiary alicyclic amines) is 1. The van der Waals surface area contributed by atoms with Gasteiger partial charge in [0.2, 0.25) is 10.0 Å². The fourth-order valence-electron chi connectivity index (χ4n) is 3.25. The Labute approximate surface area is 163 Å². The summed E-state index contributed by atoms with van der Waals surface area (Å²) < 4.78 is 34.3. The minimum absolute atomic E-state index is 0.0159. The van der Waals surface area contributed by atoms with Gasteiger partial charge in [0.15, 0.2) is 0 Å². The van der Waals surface area contributed by atoms with Crippen LogP contribution < -0.4 is 9.46 Å². The van der Waals surface area contributed by atoms with E-state index in [2.05, 4.69) is 25.6 Å². The maximum Gasteiger partial charge on any atom is 0.240 e. The average Bonchev–Trinajstić information content (AvgIpc) is 3.17. The second-order valence-corrected chi connectivity index (χ2v) is 9.02. The maximum atomic E-state index is 12.6. The molecule has 26 heavy (non-hydrogen) atoms. The summed E-state index contributed by atoms with van der Waals surface area (Å²) >= 11 is 3.33. The van der Waals surface area contributed by atoms with Crippen LogP contribution in [-0.4, -0.2) is 40.1 Å². The number of ether oxygens (including phenoxy) is 1. The van der Waals surface area contributed by atoms with Gasteiger partial charge in [-0.15, -0.1) is 0 Å². The Morgan fingerprint density at radius 2 is 1.85 bits per heavy atom. The molecular formula is C19H23BrN2O3S. The van der Waals surface area contributed by atoms with Crippen molar-refractivity contribution >= 4 is 26.0 Å². The van der Waals surface area contributed by atoms with Gasteiger partial charge in [-0.05, 0) is 67.9 Å². The molecule has 140 valence electrons. The van der Waals surface area contributed by atoms with Crippen LogP contribution >= 0.6 is 15.9 Å². The minimum atomic E-state index is -3.55. The first kappa shape index (κ1) is 19.4. The molecule has 0 saturated carbocycles. The lowest BCUT2D eigenvalue weighted by Gasteiger charge is -2.28. The van der Waals surface area contributed by atoms with Crippen molar-refractivity contribution in [1.82, 2.24) is 9.62 Å². The Hall–Kier alpha value is -1.41. The molecule has 1 N–H and O–H groups in total. The van der Waals surface area contributed by atoms with Gasteiger partial charge in [-0.25, -0.2) is 13.1 Å². The fourth-order valence-corrected chi connectivity index (χ4v) is 4.55. The van der Waals surface area contributed by atoms with Crippen molar-refractivity contribution < 1.29 is 13.2 Å². The number of rotatable bonds is 7. The molecule has 1 aliphatic heterocycles. The van der Waals surface area contributed by atoms with Crippen molar-refractivity contribution in [2.24, 2.45) is 0 Å². The summed E-state index contributed by atoms with van der Waals surface area (Å²) in [6, 6.07) is 14.5. The second kappa shape index (κ2) is 8.52. The third-order valence-corrected chi connectivity index (χ3v) is 6.62. The van der Waals surface area contributed by atoms with Crippen LogP contribution in [0.5, 0.6) is 5.75 Å². The van der Waals surface area contributed by atoms with Gasteiger partial charge in [-0.1, -0.05) is 28.1 Å². The minimum Gasteiger partial charge on any atom is -0.497 e. The molecule has 1 atom stereocenters. The first-order valence-electron chi connectivity index (χ1n) is 8.63. The zero-order chi connectivity index (χ0) is 18.6. The number of hydrogen-bond acceptors (Lipinski definition) is 4. The van der Waals surface area contributed by atoms with E-state index in [1.807, 2.05) is 24.3 Å². The van der Waals surface area contributed by atoms with Gasteiger partial charge >= 0.3 is 0 Å². The van der Waals surface area contributed by atoms with Gasteiger partial charge in [0.1, 0.15) is 5.75 Å². The predicted octanol–water partition coefficient (Wildman–Crippen LogP) is 3.57. The highest BCUT2D eigenvalue weighted by Crippen LogP contribution is 2.27. The molecule has 0 aromatic heterocycles. The van der Waals surface area contributed by atoms with E-state index in [9.17, 15) is 8.42 Å². The molecule has 2 aromatic rings. The number of hydrogen-bond donors (Lipinski definition) is 1. The molecule has 3 rings (SSSR count). The summed E-state index contributed by atoms with van der Waals surface area (Å²) in [6.45, 7) is 2.27. The summed E-state index contributed by atoms with van der Waals surface area (Å²) in [7, 11) is -1.91. The average molecular weight is 439 g/mol. The van der Waals surface area contributed by atoms with Crippen LogP contribution in [-0.2, 0) is 10.0 Å². The monoisotopic (exact) mass is 438 g/mol. The normalized spacial score (nSPS) is 16.5. The molecule has 1 saturated heterocycles. The van der Waals surface area contributed by atoms with Gasteiger partial charge in [-0.2, -0.15) is 0 Å². The van der Waals surface area contributed by atoms with E-state index in [1.54, 1.807) is 31.4 Å². The van der Waals surface area contributed by atoms with E-state index in [1.165, 1.54) is 0 Å².